The highest BCUT2D eigenvalue weighted by Crippen LogP contribution is 2.41. The van der Waals surface area contributed by atoms with E-state index in [2.05, 4.69) is 34.6 Å². The van der Waals surface area contributed by atoms with E-state index in [0.29, 0.717) is 6.42 Å². The molecule has 0 aromatic carbocycles. The van der Waals surface area contributed by atoms with Gasteiger partial charge < -0.3 is 20.1 Å². The average molecular weight is 459 g/mol. The summed E-state index contributed by atoms with van der Waals surface area (Å²) in [5.74, 6) is -2.51. The van der Waals surface area contributed by atoms with Crippen molar-refractivity contribution in [3.05, 3.63) is 0 Å². The monoisotopic (exact) mass is 458 g/mol. The number of carbonyl (C=O) groups is 2. The molecule has 0 aromatic rings. The molecule has 0 bridgehead atoms. The van der Waals surface area contributed by atoms with Gasteiger partial charge in [0.2, 0.25) is 0 Å². The van der Waals surface area contributed by atoms with E-state index in [1.165, 1.54) is 25.7 Å². The van der Waals surface area contributed by atoms with Gasteiger partial charge in [-0.3, -0.25) is 0 Å². The largest absolute Gasteiger partial charge is 0.479 e. The molecule has 0 rings (SSSR count). The Morgan fingerprint density at radius 2 is 1.16 bits per heavy atom. The first-order valence-electron chi connectivity index (χ1n) is 13.0. The number of ether oxygens (including phenoxy) is 1. The van der Waals surface area contributed by atoms with Crippen LogP contribution in [0.2, 0.25) is 0 Å². The number of rotatable bonds is 20. The Morgan fingerprint density at radius 3 is 1.59 bits per heavy atom. The van der Waals surface area contributed by atoms with Gasteiger partial charge in [-0.25, -0.2) is 9.59 Å². The van der Waals surface area contributed by atoms with Crippen LogP contribution in [0.4, 0.5) is 0 Å². The number of carboxylic acid groups (broad SMARTS) is 1. The van der Waals surface area contributed by atoms with E-state index in [0.717, 1.165) is 57.8 Å². The highest BCUT2D eigenvalue weighted by molar-refractivity contribution is 5.84. The summed E-state index contributed by atoms with van der Waals surface area (Å²) in [6.45, 7) is 10.7. The second-order valence-corrected chi connectivity index (χ2v) is 9.56. The fraction of sp³-hybridized carbons (Fsp3) is 0.923. The number of esters is 1. The van der Waals surface area contributed by atoms with Crippen LogP contribution in [0.15, 0.2) is 0 Å². The molecule has 0 aliphatic rings. The van der Waals surface area contributed by atoms with Crippen molar-refractivity contribution >= 4 is 11.9 Å². The van der Waals surface area contributed by atoms with Crippen LogP contribution in [0.3, 0.4) is 0 Å². The van der Waals surface area contributed by atoms with Crippen LogP contribution in [-0.2, 0) is 14.3 Å². The Bertz CT molecular complexity index is 493. The lowest BCUT2D eigenvalue weighted by atomic mass is 9.71. The summed E-state index contributed by atoms with van der Waals surface area (Å²) in [6, 6.07) is 0. The summed E-state index contributed by atoms with van der Waals surface area (Å²) in [4.78, 5) is 23.8. The third-order valence-corrected chi connectivity index (χ3v) is 6.90. The van der Waals surface area contributed by atoms with Crippen LogP contribution in [0.25, 0.3) is 0 Å². The van der Waals surface area contributed by atoms with Gasteiger partial charge in [0.15, 0.2) is 12.2 Å². The van der Waals surface area contributed by atoms with Gasteiger partial charge in [0.05, 0.1) is 0 Å². The summed E-state index contributed by atoms with van der Waals surface area (Å²) >= 11 is 0. The normalized spacial score (nSPS) is 17.2. The molecule has 0 heterocycles. The molecule has 6 nitrogen and oxygen atoms in total. The molecule has 0 fully saturated rings. The predicted molar refractivity (Wildman–Crippen MR) is 128 cm³/mol. The Hall–Kier alpha value is -1.14. The number of hydrogen-bond donors (Lipinski definition) is 3. The quantitative estimate of drug-likeness (QED) is 0.156. The highest BCUT2D eigenvalue weighted by Gasteiger charge is 2.46. The molecule has 0 saturated heterocycles. The molecular formula is C26H50O6. The number of aliphatic carboxylic acids is 1. The summed E-state index contributed by atoms with van der Waals surface area (Å²) in [6.07, 6.45) is 10.4. The fourth-order valence-corrected chi connectivity index (χ4v) is 4.61. The first-order valence-corrected chi connectivity index (χ1v) is 13.0. The molecule has 0 aliphatic carbocycles. The van der Waals surface area contributed by atoms with E-state index >= 15 is 0 Å². The molecule has 3 N–H and O–H groups in total. The zero-order chi connectivity index (χ0) is 24.6. The molecule has 0 aromatic heterocycles. The van der Waals surface area contributed by atoms with Crippen LogP contribution in [0.1, 0.15) is 125 Å². The zero-order valence-electron chi connectivity index (χ0n) is 21.3. The van der Waals surface area contributed by atoms with Gasteiger partial charge in [0, 0.05) is 0 Å². The Morgan fingerprint density at radius 1 is 0.719 bits per heavy atom. The average Bonchev–Trinajstić information content (AvgIpc) is 2.78. The maximum Gasteiger partial charge on any atom is 0.338 e. The minimum absolute atomic E-state index is 0.0764. The summed E-state index contributed by atoms with van der Waals surface area (Å²) in [5, 5.41) is 28.8. The molecule has 0 saturated carbocycles. The maximum atomic E-state index is 12.8. The highest BCUT2D eigenvalue weighted by atomic mass is 16.6. The minimum atomic E-state index is -2.18. The molecule has 0 spiro atoms. The molecule has 0 aliphatic heterocycles. The number of hydrogen-bond acceptors (Lipinski definition) is 5. The van der Waals surface area contributed by atoms with Crippen molar-refractivity contribution in [2.24, 2.45) is 11.8 Å². The Balaban J connectivity index is 5.60. The molecule has 32 heavy (non-hydrogen) atoms. The van der Waals surface area contributed by atoms with Crippen LogP contribution in [-0.4, -0.2) is 45.1 Å². The van der Waals surface area contributed by atoms with Gasteiger partial charge in [-0.1, -0.05) is 98.8 Å². The van der Waals surface area contributed by atoms with E-state index in [9.17, 15) is 19.8 Å². The van der Waals surface area contributed by atoms with Crippen molar-refractivity contribution in [3.8, 4) is 0 Å². The zero-order valence-corrected chi connectivity index (χ0v) is 21.3. The van der Waals surface area contributed by atoms with Crippen LogP contribution in [0.5, 0.6) is 0 Å². The molecule has 6 heteroatoms. The fourth-order valence-electron chi connectivity index (χ4n) is 4.61. The van der Waals surface area contributed by atoms with E-state index in [1.807, 2.05) is 0 Å². The number of aliphatic hydroxyl groups excluding tert-OH is 2. The van der Waals surface area contributed by atoms with Gasteiger partial charge in [-0.15, -0.1) is 0 Å². The van der Waals surface area contributed by atoms with Crippen molar-refractivity contribution in [2.45, 2.75) is 142 Å². The summed E-state index contributed by atoms with van der Waals surface area (Å²) < 4.78 is 6.02. The van der Waals surface area contributed by atoms with Crippen molar-refractivity contribution in [2.75, 3.05) is 0 Å². The lowest BCUT2D eigenvalue weighted by molar-refractivity contribution is -0.194. The van der Waals surface area contributed by atoms with Crippen molar-refractivity contribution in [3.63, 3.8) is 0 Å². The number of carboxylic acids is 1. The van der Waals surface area contributed by atoms with Gasteiger partial charge in [0.25, 0.3) is 0 Å². The van der Waals surface area contributed by atoms with E-state index < -0.39 is 29.7 Å². The molecular weight excluding hydrogens is 408 g/mol. The molecule has 190 valence electrons. The molecule has 0 amide bonds. The topological polar surface area (TPSA) is 104 Å². The second-order valence-electron chi connectivity index (χ2n) is 9.56. The van der Waals surface area contributed by atoms with Gasteiger partial charge in [-0.05, 0) is 37.5 Å². The summed E-state index contributed by atoms with van der Waals surface area (Å²) in [5.41, 5.74) is -0.774. The Labute approximate surface area is 196 Å². The van der Waals surface area contributed by atoms with Gasteiger partial charge in [-0.2, -0.15) is 0 Å². The van der Waals surface area contributed by atoms with Crippen molar-refractivity contribution < 1.29 is 29.6 Å². The SMILES string of the molecule is CCCCCCCCCC(OC(=O)C(O)C(O)C(=O)O)(C(C)CCCC)C(C)CCCC. The number of aliphatic hydroxyl groups is 2. The second kappa shape index (κ2) is 17.4. The molecule has 4 atom stereocenters. The van der Waals surface area contributed by atoms with Crippen molar-refractivity contribution in [1.82, 2.24) is 0 Å². The van der Waals surface area contributed by atoms with Crippen LogP contribution in [0, 0.1) is 11.8 Å². The van der Waals surface area contributed by atoms with Crippen LogP contribution < -0.4 is 0 Å². The number of carbonyl (C=O) groups excluding carboxylic acids is 1. The molecule has 4 unspecified atom stereocenters. The minimum Gasteiger partial charge on any atom is -0.479 e. The Kier molecular flexibility index (Phi) is 16.7. The van der Waals surface area contributed by atoms with E-state index in [4.69, 9.17) is 9.84 Å². The van der Waals surface area contributed by atoms with E-state index in [-0.39, 0.29) is 11.8 Å². The summed E-state index contributed by atoms with van der Waals surface area (Å²) in [7, 11) is 0. The standard InChI is InChI=1S/C26H50O6/c1-6-9-12-13-14-15-16-19-26(20(4)17-10-7-2,21(5)18-11-8-3)32-25(31)23(28)22(27)24(29)30/h20-23,27-28H,6-19H2,1-5H3,(H,29,30). The van der Waals surface area contributed by atoms with Gasteiger partial charge >= 0.3 is 11.9 Å². The lowest BCUT2D eigenvalue weighted by Gasteiger charge is -2.44. The third-order valence-electron chi connectivity index (χ3n) is 6.90. The molecule has 0 radical (unpaired) electrons. The van der Waals surface area contributed by atoms with Crippen LogP contribution >= 0.6 is 0 Å². The maximum absolute atomic E-state index is 12.8. The lowest BCUT2D eigenvalue weighted by Crippen LogP contribution is -2.51. The predicted octanol–water partition coefficient (Wildman–Crippen LogP) is 5.87. The smallest absolute Gasteiger partial charge is 0.338 e. The first-order chi connectivity index (χ1) is 15.2. The van der Waals surface area contributed by atoms with Crippen molar-refractivity contribution in [1.29, 1.82) is 0 Å². The van der Waals surface area contributed by atoms with Gasteiger partial charge in [0.1, 0.15) is 5.60 Å². The van der Waals surface area contributed by atoms with E-state index in [1.54, 1.807) is 0 Å². The third kappa shape index (κ3) is 10.7. The number of unbranched alkanes of at least 4 members (excludes halogenated alkanes) is 8. The first kappa shape index (κ1) is 30.9.